The van der Waals surface area contributed by atoms with Crippen LogP contribution in [0, 0.1) is 10.1 Å². The summed E-state index contributed by atoms with van der Waals surface area (Å²) in [5.41, 5.74) is 0.983. The highest BCUT2D eigenvalue weighted by Crippen LogP contribution is 2.35. The molecule has 0 amide bonds. The fourth-order valence-electron chi connectivity index (χ4n) is 2.78. The first kappa shape index (κ1) is 15.4. The van der Waals surface area contributed by atoms with Crippen LogP contribution >= 0.6 is 0 Å². The molecule has 1 aromatic heterocycles. The average molecular weight is 313 g/mol. The SMILES string of the molecule is COC1(CNc2ccc([N+](=O)[O-])c(-c3ccccc3)n2)CCC1. The van der Waals surface area contributed by atoms with E-state index in [1.807, 2.05) is 30.3 Å². The number of nitrogens with zero attached hydrogens (tertiary/aromatic N) is 2. The molecule has 1 aliphatic carbocycles. The Hall–Kier alpha value is -2.47. The largest absolute Gasteiger partial charge is 0.376 e. The van der Waals surface area contributed by atoms with Crippen molar-refractivity contribution in [1.82, 2.24) is 4.98 Å². The van der Waals surface area contributed by atoms with Crippen LogP contribution in [0.1, 0.15) is 19.3 Å². The van der Waals surface area contributed by atoms with E-state index in [0.717, 1.165) is 18.4 Å². The summed E-state index contributed by atoms with van der Waals surface area (Å²) in [5.74, 6) is 0.623. The van der Waals surface area contributed by atoms with E-state index in [1.54, 1.807) is 13.2 Å². The minimum absolute atomic E-state index is 0.00634. The van der Waals surface area contributed by atoms with Gasteiger partial charge in [-0.05, 0) is 25.3 Å². The quantitative estimate of drug-likeness (QED) is 0.651. The maximum absolute atomic E-state index is 11.3. The number of hydrogen-bond donors (Lipinski definition) is 1. The maximum Gasteiger partial charge on any atom is 0.295 e. The van der Waals surface area contributed by atoms with Crippen LogP contribution in [-0.2, 0) is 4.74 Å². The molecule has 0 bridgehead atoms. The van der Waals surface area contributed by atoms with Crippen LogP contribution in [0.15, 0.2) is 42.5 Å². The molecule has 6 heteroatoms. The molecule has 6 nitrogen and oxygen atoms in total. The van der Waals surface area contributed by atoms with Crippen molar-refractivity contribution in [2.24, 2.45) is 0 Å². The van der Waals surface area contributed by atoms with Crippen molar-refractivity contribution in [1.29, 1.82) is 0 Å². The summed E-state index contributed by atoms with van der Waals surface area (Å²) in [6.45, 7) is 0.655. The van der Waals surface area contributed by atoms with Crippen molar-refractivity contribution < 1.29 is 9.66 Å². The smallest absolute Gasteiger partial charge is 0.295 e. The molecule has 0 radical (unpaired) electrons. The number of hydrogen-bond acceptors (Lipinski definition) is 5. The van der Waals surface area contributed by atoms with E-state index < -0.39 is 4.92 Å². The molecule has 1 fully saturated rings. The molecule has 1 heterocycles. The molecule has 1 saturated carbocycles. The van der Waals surface area contributed by atoms with Crippen LogP contribution in [0.3, 0.4) is 0 Å². The molecule has 0 saturated heterocycles. The summed E-state index contributed by atoms with van der Waals surface area (Å²) in [5, 5.41) is 14.5. The average Bonchev–Trinajstić information content (AvgIpc) is 2.55. The molecule has 23 heavy (non-hydrogen) atoms. The van der Waals surface area contributed by atoms with Gasteiger partial charge in [0, 0.05) is 25.3 Å². The number of benzene rings is 1. The third kappa shape index (κ3) is 3.17. The number of aromatic nitrogens is 1. The molecule has 0 atom stereocenters. The van der Waals surface area contributed by atoms with Gasteiger partial charge in [-0.25, -0.2) is 4.98 Å². The van der Waals surface area contributed by atoms with Crippen LogP contribution in [0.2, 0.25) is 0 Å². The summed E-state index contributed by atoms with van der Waals surface area (Å²) >= 11 is 0. The zero-order chi connectivity index (χ0) is 16.3. The summed E-state index contributed by atoms with van der Waals surface area (Å²) < 4.78 is 5.57. The second kappa shape index (κ2) is 6.34. The summed E-state index contributed by atoms with van der Waals surface area (Å²) in [6.07, 6.45) is 3.21. The Morgan fingerprint density at radius 1 is 1.26 bits per heavy atom. The Morgan fingerprint density at radius 3 is 2.57 bits per heavy atom. The lowest BCUT2D eigenvalue weighted by Crippen LogP contribution is -2.45. The predicted octanol–water partition coefficient (Wildman–Crippen LogP) is 3.64. The second-order valence-corrected chi connectivity index (χ2v) is 5.78. The van der Waals surface area contributed by atoms with E-state index in [-0.39, 0.29) is 11.3 Å². The third-order valence-electron chi connectivity index (χ3n) is 4.41. The van der Waals surface area contributed by atoms with Gasteiger partial charge in [-0.15, -0.1) is 0 Å². The number of nitro groups is 1. The zero-order valence-corrected chi connectivity index (χ0v) is 13.0. The van der Waals surface area contributed by atoms with E-state index in [0.29, 0.717) is 18.1 Å². The minimum Gasteiger partial charge on any atom is -0.376 e. The van der Waals surface area contributed by atoms with Crippen molar-refractivity contribution in [3.63, 3.8) is 0 Å². The number of methoxy groups -OCH3 is 1. The number of nitrogens with one attached hydrogen (secondary N) is 1. The first-order chi connectivity index (χ1) is 11.1. The van der Waals surface area contributed by atoms with E-state index in [9.17, 15) is 10.1 Å². The van der Waals surface area contributed by atoms with Gasteiger partial charge >= 0.3 is 0 Å². The van der Waals surface area contributed by atoms with Gasteiger partial charge in [0.15, 0.2) is 5.69 Å². The predicted molar refractivity (Wildman–Crippen MR) is 88.4 cm³/mol. The van der Waals surface area contributed by atoms with Gasteiger partial charge < -0.3 is 10.1 Å². The van der Waals surface area contributed by atoms with E-state index >= 15 is 0 Å². The van der Waals surface area contributed by atoms with Crippen LogP contribution in [0.25, 0.3) is 11.3 Å². The van der Waals surface area contributed by atoms with Crippen molar-refractivity contribution in [2.75, 3.05) is 19.0 Å². The molecule has 1 aromatic carbocycles. The summed E-state index contributed by atoms with van der Waals surface area (Å²) in [6, 6.07) is 12.3. The Kier molecular flexibility index (Phi) is 4.25. The van der Waals surface area contributed by atoms with Gasteiger partial charge in [-0.1, -0.05) is 30.3 Å². The van der Waals surface area contributed by atoms with Crippen LogP contribution in [0.5, 0.6) is 0 Å². The monoisotopic (exact) mass is 313 g/mol. The number of pyridine rings is 1. The van der Waals surface area contributed by atoms with Crippen LogP contribution in [-0.4, -0.2) is 29.2 Å². The van der Waals surface area contributed by atoms with Crippen LogP contribution < -0.4 is 5.32 Å². The molecule has 0 spiro atoms. The molecule has 3 rings (SSSR count). The van der Waals surface area contributed by atoms with Crippen LogP contribution in [0.4, 0.5) is 11.5 Å². The Balaban J connectivity index is 1.87. The fourth-order valence-corrected chi connectivity index (χ4v) is 2.78. The summed E-state index contributed by atoms with van der Waals surface area (Å²) in [4.78, 5) is 15.3. The third-order valence-corrected chi connectivity index (χ3v) is 4.41. The molecular weight excluding hydrogens is 294 g/mol. The Bertz CT molecular complexity index is 694. The van der Waals surface area contributed by atoms with Gasteiger partial charge in [0.1, 0.15) is 5.82 Å². The van der Waals surface area contributed by atoms with Crippen molar-refractivity contribution in [3.05, 3.63) is 52.6 Å². The highest BCUT2D eigenvalue weighted by atomic mass is 16.6. The topological polar surface area (TPSA) is 77.3 Å². The molecule has 1 aliphatic rings. The van der Waals surface area contributed by atoms with Gasteiger partial charge in [0.05, 0.1) is 10.5 Å². The van der Waals surface area contributed by atoms with E-state index in [4.69, 9.17) is 4.74 Å². The van der Waals surface area contributed by atoms with Gasteiger partial charge in [0.25, 0.3) is 5.69 Å². The van der Waals surface area contributed by atoms with Gasteiger partial charge in [-0.3, -0.25) is 10.1 Å². The highest BCUT2D eigenvalue weighted by molar-refractivity contribution is 5.71. The lowest BCUT2D eigenvalue weighted by atomic mass is 9.80. The Morgan fingerprint density at radius 2 is 2.00 bits per heavy atom. The molecule has 0 aliphatic heterocycles. The van der Waals surface area contributed by atoms with E-state index in [2.05, 4.69) is 10.3 Å². The number of anilines is 1. The molecule has 2 aromatic rings. The van der Waals surface area contributed by atoms with Crippen molar-refractivity contribution in [3.8, 4) is 11.3 Å². The summed E-state index contributed by atoms with van der Waals surface area (Å²) in [7, 11) is 1.72. The second-order valence-electron chi connectivity index (χ2n) is 5.78. The standard InChI is InChI=1S/C17H19N3O3/c1-23-17(10-5-11-17)12-18-15-9-8-14(20(21)22)16(19-15)13-6-3-2-4-7-13/h2-4,6-9H,5,10-12H2,1H3,(H,18,19). The van der Waals surface area contributed by atoms with E-state index in [1.165, 1.54) is 12.5 Å². The molecule has 0 unspecified atom stereocenters. The van der Waals surface area contributed by atoms with Gasteiger partial charge in [0.2, 0.25) is 0 Å². The molecule has 120 valence electrons. The maximum atomic E-state index is 11.3. The first-order valence-electron chi connectivity index (χ1n) is 7.63. The molecular formula is C17H19N3O3. The highest BCUT2D eigenvalue weighted by Gasteiger charge is 2.36. The number of ether oxygens (including phenoxy) is 1. The normalized spacial score (nSPS) is 15.7. The fraction of sp³-hybridized carbons (Fsp3) is 0.353. The lowest BCUT2D eigenvalue weighted by Gasteiger charge is -2.40. The minimum atomic E-state index is -0.401. The lowest BCUT2D eigenvalue weighted by molar-refractivity contribution is -0.384. The first-order valence-corrected chi connectivity index (χ1v) is 7.63. The van der Waals surface area contributed by atoms with Gasteiger partial charge in [-0.2, -0.15) is 0 Å². The van der Waals surface area contributed by atoms with Crippen molar-refractivity contribution in [2.45, 2.75) is 24.9 Å². The zero-order valence-electron chi connectivity index (χ0n) is 13.0. The van der Waals surface area contributed by atoms with Crippen molar-refractivity contribution >= 4 is 11.5 Å². The Labute approximate surface area is 134 Å². The number of rotatable bonds is 6. The molecule has 1 N–H and O–H groups in total.